The average Bonchev–Trinajstić information content (AvgIpc) is 2.54. The second-order valence-corrected chi connectivity index (χ2v) is 4.83. The second kappa shape index (κ2) is 11.3. The van der Waals surface area contributed by atoms with E-state index < -0.39 is 5.91 Å². The summed E-state index contributed by atoms with van der Waals surface area (Å²) < 4.78 is 10.2. The number of guanidine groups is 1. The number of carbonyl (C=O) groups is 1. The van der Waals surface area contributed by atoms with Gasteiger partial charge in [-0.1, -0.05) is 12.1 Å². The fraction of sp³-hybridized carbons (Fsp3) is 0.500. The molecule has 0 atom stereocenters. The van der Waals surface area contributed by atoms with Crippen LogP contribution in [0.5, 0.6) is 5.75 Å². The smallest absolute Gasteiger partial charge is 0.255 e. The van der Waals surface area contributed by atoms with Gasteiger partial charge in [-0.05, 0) is 31.0 Å². The van der Waals surface area contributed by atoms with Gasteiger partial charge in [0.05, 0.1) is 13.2 Å². The Labute approximate surface area is 137 Å². The molecule has 1 aromatic rings. The molecule has 4 N–H and O–H groups in total. The van der Waals surface area contributed by atoms with Crippen molar-refractivity contribution in [3.8, 4) is 5.75 Å². The molecule has 0 radical (unpaired) electrons. The van der Waals surface area contributed by atoms with Gasteiger partial charge in [0.2, 0.25) is 0 Å². The zero-order valence-electron chi connectivity index (χ0n) is 13.8. The van der Waals surface area contributed by atoms with Crippen molar-refractivity contribution in [3.63, 3.8) is 0 Å². The number of nitrogens with one attached hydrogen (secondary N) is 2. The molecule has 0 saturated heterocycles. The molecule has 1 rings (SSSR count). The van der Waals surface area contributed by atoms with Crippen molar-refractivity contribution in [2.24, 2.45) is 10.7 Å². The number of nitrogens with zero attached hydrogens (tertiary/aromatic N) is 1. The van der Waals surface area contributed by atoms with Crippen LogP contribution in [0, 0.1) is 0 Å². The van der Waals surface area contributed by atoms with E-state index >= 15 is 0 Å². The van der Waals surface area contributed by atoms with Crippen LogP contribution in [0.3, 0.4) is 0 Å². The molecule has 0 fully saturated rings. The molecule has 1 aromatic carbocycles. The van der Waals surface area contributed by atoms with Crippen molar-refractivity contribution in [1.29, 1.82) is 0 Å². The van der Waals surface area contributed by atoms with Crippen molar-refractivity contribution in [1.82, 2.24) is 10.6 Å². The number of aliphatic imine (C=N–C) groups is 1. The fourth-order valence-corrected chi connectivity index (χ4v) is 1.82. The summed E-state index contributed by atoms with van der Waals surface area (Å²) in [5.74, 6) is 0.933. The number of ether oxygens (including phenoxy) is 2. The zero-order valence-corrected chi connectivity index (χ0v) is 13.8. The minimum Gasteiger partial charge on any atom is -0.484 e. The molecule has 0 unspecified atom stereocenters. The Morgan fingerprint density at radius 1 is 1.26 bits per heavy atom. The average molecular weight is 322 g/mol. The van der Waals surface area contributed by atoms with Gasteiger partial charge in [-0.25, -0.2) is 0 Å². The first kappa shape index (κ1) is 18.8. The first-order valence-corrected chi connectivity index (χ1v) is 7.67. The van der Waals surface area contributed by atoms with Crippen LogP contribution >= 0.6 is 0 Å². The van der Waals surface area contributed by atoms with Crippen LogP contribution < -0.4 is 21.1 Å². The lowest BCUT2D eigenvalue weighted by Crippen LogP contribution is -2.38. The number of hydrogen-bond donors (Lipinski definition) is 3. The van der Waals surface area contributed by atoms with Gasteiger partial charge in [-0.15, -0.1) is 0 Å². The third-order valence-corrected chi connectivity index (χ3v) is 2.92. The lowest BCUT2D eigenvalue weighted by atomic mass is 10.1. The Morgan fingerprint density at radius 2 is 2.00 bits per heavy atom. The molecule has 0 aromatic heterocycles. The highest BCUT2D eigenvalue weighted by atomic mass is 16.5. The van der Waals surface area contributed by atoms with Crippen LogP contribution in [-0.4, -0.2) is 51.8 Å². The van der Waals surface area contributed by atoms with Gasteiger partial charge in [0.15, 0.2) is 12.6 Å². The maximum atomic E-state index is 10.7. The van der Waals surface area contributed by atoms with Gasteiger partial charge in [-0.2, -0.15) is 0 Å². The molecule has 0 bridgehead atoms. The van der Waals surface area contributed by atoms with E-state index in [9.17, 15) is 4.79 Å². The number of methoxy groups -OCH3 is 1. The molecule has 0 aliphatic heterocycles. The Hall–Kier alpha value is -2.28. The first-order chi connectivity index (χ1) is 11.2. The summed E-state index contributed by atoms with van der Waals surface area (Å²) in [5.41, 5.74) is 6.20. The van der Waals surface area contributed by atoms with E-state index in [0.29, 0.717) is 18.9 Å². The SMILES string of the molecule is CCNC(=NCCOC)NCCc1ccc(OCC(N)=O)cc1. The fourth-order valence-electron chi connectivity index (χ4n) is 1.82. The van der Waals surface area contributed by atoms with E-state index in [2.05, 4.69) is 15.6 Å². The third kappa shape index (κ3) is 8.67. The molecule has 0 spiro atoms. The van der Waals surface area contributed by atoms with Gasteiger partial charge >= 0.3 is 0 Å². The second-order valence-electron chi connectivity index (χ2n) is 4.83. The van der Waals surface area contributed by atoms with Crippen LogP contribution in [0.2, 0.25) is 0 Å². The van der Waals surface area contributed by atoms with Crippen molar-refractivity contribution in [2.45, 2.75) is 13.3 Å². The molecule has 0 saturated carbocycles. The summed E-state index contributed by atoms with van der Waals surface area (Å²) in [6.07, 6.45) is 0.852. The van der Waals surface area contributed by atoms with Crippen LogP contribution in [-0.2, 0) is 16.0 Å². The van der Waals surface area contributed by atoms with E-state index in [1.807, 2.05) is 31.2 Å². The van der Waals surface area contributed by atoms with Gasteiger partial charge in [-0.3, -0.25) is 9.79 Å². The Morgan fingerprint density at radius 3 is 2.61 bits per heavy atom. The highest BCUT2D eigenvalue weighted by molar-refractivity contribution is 5.79. The highest BCUT2D eigenvalue weighted by Gasteiger charge is 2.00. The molecular formula is C16H26N4O3. The normalized spacial score (nSPS) is 11.1. The van der Waals surface area contributed by atoms with E-state index in [-0.39, 0.29) is 6.61 Å². The molecule has 1 amide bonds. The summed E-state index contributed by atoms with van der Waals surface area (Å²) in [7, 11) is 1.66. The van der Waals surface area contributed by atoms with Crippen LogP contribution in [0.4, 0.5) is 0 Å². The predicted octanol–water partition coefficient (Wildman–Crippen LogP) is 0.295. The standard InChI is InChI=1S/C16H26N4O3/c1-3-18-16(20-10-11-22-2)19-9-8-13-4-6-14(7-5-13)23-12-15(17)21/h4-7H,3,8-12H2,1-2H3,(H2,17,21)(H2,18,19,20). The van der Waals surface area contributed by atoms with Crippen molar-refractivity contribution in [3.05, 3.63) is 29.8 Å². The first-order valence-electron chi connectivity index (χ1n) is 7.67. The van der Waals surface area contributed by atoms with E-state index in [0.717, 1.165) is 31.0 Å². The van der Waals surface area contributed by atoms with Crippen molar-refractivity contribution < 1.29 is 14.3 Å². The molecule has 23 heavy (non-hydrogen) atoms. The summed E-state index contributed by atoms with van der Waals surface area (Å²) >= 11 is 0. The number of carbonyl (C=O) groups excluding carboxylic acids is 1. The third-order valence-electron chi connectivity index (χ3n) is 2.92. The van der Waals surface area contributed by atoms with Crippen LogP contribution in [0.15, 0.2) is 29.3 Å². The minimum absolute atomic E-state index is 0.106. The maximum Gasteiger partial charge on any atom is 0.255 e. The summed E-state index contributed by atoms with van der Waals surface area (Å²) in [5, 5.41) is 6.46. The Balaban J connectivity index is 2.38. The predicted molar refractivity (Wildman–Crippen MR) is 90.7 cm³/mol. The van der Waals surface area contributed by atoms with Gasteiger partial charge < -0.3 is 25.8 Å². The summed E-state index contributed by atoms with van der Waals surface area (Å²) in [6, 6.07) is 7.59. The van der Waals surface area contributed by atoms with Gasteiger partial charge in [0, 0.05) is 20.2 Å². The Kier molecular flexibility index (Phi) is 9.23. The number of benzene rings is 1. The highest BCUT2D eigenvalue weighted by Crippen LogP contribution is 2.12. The zero-order chi connectivity index (χ0) is 16.9. The lowest BCUT2D eigenvalue weighted by Gasteiger charge is -2.11. The molecule has 0 aliphatic carbocycles. The van der Waals surface area contributed by atoms with Crippen LogP contribution in [0.1, 0.15) is 12.5 Å². The van der Waals surface area contributed by atoms with Crippen molar-refractivity contribution >= 4 is 11.9 Å². The topological polar surface area (TPSA) is 98.0 Å². The number of hydrogen-bond acceptors (Lipinski definition) is 4. The van der Waals surface area contributed by atoms with E-state index in [1.54, 1.807) is 7.11 Å². The molecular weight excluding hydrogens is 296 g/mol. The van der Waals surface area contributed by atoms with E-state index in [1.165, 1.54) is 0 Å². The Bertz CT molecular complexity index is 489. The van der Waals surface area contributed by atoms with E-state index in [4.69, 9.17) is 15.2 Å². The molecule has 7 heteroatoms. The van der Waals surface area contributed by atoms with Gasteiger partial charge in [0.25, 0.3) is 5.91 Å². The van der Waals surface area contributed by atoms with Gasteiger partial charge in [0.1, 0.15) is 5.75 Å². The summed E-state index contributed by atoms with van der Waals surface area (Å²) in [4.78, 5) is 15.1. The lowest BCUT2D eigenvalue weighted by molar-refractivity contribution is -0.119. The number of rotatable bonds is 10. The monoisotopic (exact) mass is 322 g/mol. The quantitative estimate of drug-likeness (QED) is 0.327. The summed E-state index contributed by atoms with van der Waals surface area (Å²) in [6.45, 7) is 4.72. The number of primary amides is 1. The number of nitrogens with two attached hydrogens (primary N) is 1. The maximum absolute atomic E-state index is 10.7. The molecule has 7 nitrogen and oxygen atoms in total. The molecule has 128 valence electrons. The largest absolute Gasteiger partial charge is 0.484 e. The molecule has 0 aliphatic rings. The van der Waals surface area contributed by atoms with Crippen molar-refractivity contribution in [2.75, 3.05) is 40.0 Å². The minimum atomic E-state index is -0.484. The molecule has 0 heterocycles. The number of amides is 1. The van der Waals surface area contributed by atoms with Crippen LogP contribution in [0.25, 0.3) is 0 Å².